The Morgan fingerprint density at radius 1 is 1.04 bits per heavy atom. The summed E-state index contributed by atoms with van der Waals surface area (Å²) in [6, 6.07) is 14.7. The SMILES string of the molecule is C=CC(=O)OC1CCN(c2ccc(C=Cc3ccc([N+](=O)[O-])cc3)cc2)CC1. The van der Waals surface area contributed by atoms with Gasteiger partial charge in [0.1, 0.15) is 6.10 Å². The topological polar surface area (TPSA) is 72.7 Å². The minimum absolute atomic E-state index is 0.0364. The second-order valence-corrected chi connectivity index (χ2v) is 6.60. The van der Waals surface area contributed by atoms with Crippen LogP contribution in [0.3, 0.4) is 0 Å². The van der Waals surface area contributed by atoms with Crippen molar-refractivity contribution >= 4 is 29.5 Å². The second kappa shape index (κ2) is 8.99. The Balaban J connectivity index is 1.56. The van der Waals surface area contributed by atoms with Gasteiger partial charge in [-0.2, -0.15) is 0 Å². The summed E-state index contributed by atoms with van der Waals surface area (Å²) in [5.74, 6) is -0.359. The molecule has 0 bridgehead atoms. The fourth-order valence-corrected chi connectivity index (χ4v) is 3.14. The van der Waals surface area contributed by atoms with Gasteiger partial charge in [-0.15, -0.1) is 0 Å². The number of carbonyl (C=O) groups is 1. The number of nitro benzene ring substituents is 1. The highest BCUT2D eigenvalue weighted by atomic mass is 16.6. The predicted molar refractivity (Wildman–Crippen MR) is 110 cm³/mol. The first-order chi connectivity index (χ1) is 13.5. The van der Waals surface area contributed by atoms with Gasteiger partial charge in [0.05, 0.1) is 4.92 Å². The van der Waals surface area contributed by atoms with Gasteiger partial charge >= 0.3 is 5.97 Å². The molecule has 1 aliphatic rings. The summed E-state index contributed by atoms with van der Waals surface area (Å²) in [4.78, 5) is 23.9. The first-order valence-corrected chi connectivity index (χ1v) is 9.16. The number of piperidine rings is 1. The lowest BCUT2D eigenvalue weighted by atomic mass is 10.1. The van der Waals surface area contributed by atoms with Crippen LogP contribution >= 0.6 is 0 Å². The molecule has 0 atom stereocenters. The van der Waals surface area contributed by atoms with Crippen LogP contribution in [-0.4, -0.2) is 30.1 Å². The molecule has 3 rings (SSSR count). The zero-order chi connectivity index (χ0) is 19.9. The monoisotopic (exact) mass is 378 g/mol. The minimum Gasteiger partial charge on any atom is -0.459 e. The molecule has 0 unspecified atom stereocenters. The number of anilines is 1. The van der Waals surface area contributed by atoms with Gasteiger partial charge in [-0.3, -0.25) is 10.1 Å². The average Bonchev–Trinajstić information content (AvgIpc) is 2.73. The lowest BCUT2D eigenvalue weighted by Crippen LogP contribution is -2.37. The molecule has 1 saturated heterocycles. The largest absolute Gasteiger partial charge is 0.459 e. The number of hydrogen-bond acceptors (Lipinski definition) is 5. The van der Waals surface area contributed by atoms with E-state index in [1.165, 1.54) is 18.2 Å². The zero-order valence-electron chi connectivity index (χ0n) is 15.5. The van der Waals surface area contributed by atoms with Crippen LogP contribution in [-0.2, 0) is 9.53 Å². The van der Waals surface area contributed by atoms with E-state index in [4.69, 9.17) is 4.74 Å². The first kappa shape index (κ1) is 19.4. The summed E-state index contributed by atoms with van der Waals surface area (Å²) in [5.41, 5.74) is 3.19. The van der Waals surface area contributed by atoms with Crippen LogP contribution in [0.25, 0.3) is 12.2 Å². The van der Waals surface area contributed by atoms with Crippen molar-refractivity contribution in [2.24, 2.45) is 0 Å². The molecule has 1 aliphatic heterocycles. The summed E-state index contributed by atoms with van der Waals surface area (Å²) in [6.07, 6.45) is 6.69. The van der Waals surface area contributed by atoms with Crippen LogP contribution < -0.4 is 4.90 Å². The molecule has 0 aliphatic carbocycles. The minimum atomic E-state index is -0.404. The van der Waals surface area contributed by atoms with Crippen molar-refractivity contribution in [3.63, 3.8) is 0 Å². The van der Waals surface area contributed by atoms with Gasteiger partial charge in [-0.1, -0.05) is 30.9 Å². The van der Waals surface area contributed by atoms with Gasteiger partial charge in [0.25, 0.3) is 5.69 Å². The molecule has 0 saturated carbocycles. The molecule has 0 aromatic heterocycles. The molecular weight excluding hydrogens is 356 g/mol. The van der Waals surface area contributed by atoms with Crippen molar-refractivity contribution in [2.45, 2.75) is 18.9 Å². The number of non-ortho nitro benzene ring substituents is 1. The van der Waals surface area contributed by atoms with Crippen molar-refractivity contribution in [1.29, 1.82) is 0 Å². The van der Waals surface area contributed by atoms with E-state index in [1.54, 1.807) is 12.1 Å². The summed E-state index contributed by atoms with van der Waals surface area (Å²) in [6.45, 7) is 5.11. The Hall–Kier alpha value is -3.41. The maximum Gasteiger partial charge on any atom is 0.330 e. The van der Waals surface area contributed by atoms with Crippen LogP contribution in [0.4, 0.5) is 11.4 Å². The van der Waals surface area contributed by atoms with Crippen LogP contribution in [0.2, 0.25) is 0 Å². The van der Waals surface area contributed by atoms with Gasteiger partial charge in [-0.05, 0) is 35.4 Å². The molecule has 2 aromatic rings. The molecule has 2 aromatic carbocycles. The third-order valence-electron chi connectivity index (χ3n) is 4.72. The summed E-state index contributed by atoms with van der Waals surface area (Å²) >= 11 is 0. The van der Waals surface area contributed by atoms with Crippen LogP contribution in [0, 0.1) is 10.1 Å². The van der Waals surface area contributed by atoms with E-state index >= 15 is 0 Å². The first-order valence-electron chi connectivity index (χ1n) is 9.16. The second-order valence-electron chi connectivity index (χ2n) is 6.60. The number of esters is 1. The van der Waals surface area contributed by atoms with Gasteiger partial charge in [0.2, 0.25) is 0 Å². The zero-order valence-corrected chi connectivity index (χ0v) is 15.5. The summed E-state index contributed by atoms with van der Waals surface area (Å²) in [7, 11) is 0. The van der Waals surface area contributed by atoms with Crippen molar-refractivity contribution in [2.75, 3.05) is 18.0 Å². The molecule has 0 spiro atoms. The van der Waals surface area contributed by atoms with Crippen molar-refractivity contribution in [3.8, 4) is 0 Å². The number of nitro groups is 1. The van der Waals surface area contributed by atoms with E-state index < -0.39 is 4.92 Å². The van der Waals surface area contributed by atoms with Crippen molar-refractivity contribution in [1.82, 2.24) is 0 Å². The van der Waals surface area contributed by atoms with Gasteiger partial charge in [-0.25, -0.2) is 4.79 Å². The number of ether oxygens (including phenoxy) is 1. The quantitative estimate of drug-likeness (QED) is 0.244. The van der Waals surface area contributed by atoms with Crippen molar-refractivity contribution < 1.29 is 14.5 Å². The van der Waals surface area contributed by atoms with E-state index in [0.29, 0.717) is 0 Å². The maximum absolute atomic E-state index is 11.3. The molecule has 0 amide bonds. The van der Waals surface area contributed by atoms with E-state index in [1.807, 2.05) is 24.3 Å². The smallest absolute Gasteiger partial charge is 0.330 e. The highest BCUT2D eigenvalue weighted by Crippen LogP contribution is 2.23. The molecule has 144 valence electrons. The fourth-order valence-electron chi connectivity index (χ4n) is 3.14. The number of rotatable bonds is 6. The highest BCUT2D eigenvalue weighted by Gasteiger charge is 2.21. The lowest BCUT2D eigenvalue weighted by Gasteiger charge is -2.33. The molecular formula is C22H22N2O4. The Morgan fingerprint density at radius 3 is 2.07 bits per heavy atom. The number of carbonyl (C=O) groups excluding carboxylic acids is 1. The molecule has 6 heteroatoms. The maximum atomic E-state index is 11.3. The molecule has 0 radical (unpaired) electrons. The normalized spacial score (nSPS) is 14.8. The Labute approximate surface area is 163 Å². The Kier molecular flexibility index (Phi) is 6.22. The summed E-state index contributed by atoms with van der Waals surface area (Å²) in [5, 5.41) is 10.7. The third kappa shape index (κ3) is 5.07. The molecule has 6 nitrogen and oxygen atoms in total. The Bertz CT molecular complexity index is 864. The highest BCUT2D eigenvalue weighted by molar-refractivity contribution is 5.81. The fraction of sp³-hybridized carbons (Fsp3) is 0.227. The average molecular weight is 378 g/mol. The van der Waals surface area contributed by atoms with E-state index in [9.17, 15) is 14.9 Å². The Morgan fingerprint density at radius 2 is 1.57 bits per heavy atom. The van der Waals surface area contributed by atoms with E-state index in [-0.39, 0.29) is 17.8 Å². The van der Waals surface area contributed by atoms with E-state index in [2.05, 4.69) is 23.6 Å². The predicted octanol–water partition coefficient (Wildman–Crippen LogP) is 4.46. The molecule has 1 heterocycles. The lowest BCUT2D eigenvalue weighted by molar-refractivity contribution is -0.384. The molecule has 28 heavy (non-hydrogen) atoms. The molecule has 0 N–H and O–H groups in total. The molecule has 1 fully saturated rings. The number of benzene rings is 2. The van der Waals surface area contributed by atoms with Gasteiger partial charge in [0, 0.05) is 49.8 Å². The van der Waals surface area contributed by atoms with Crippen LogP contribution in [0.1, 0.15) is 24.0 Å². The van der Waals surface area contributed by atoms with Crippen LogP contribution in [0.15, 0.2) is 61.2 Å². The van der Waals surface area contributed by atoms with Gasteiger partial charge < -0.3 is 9.64 Å². The van der Waals surface area contributed by atoms with E-state index in [0.717, 1.165) is 42.7 Å². The standard InChI is InChI=1S/C22H22N2O4/c1-2-22(25)28-21-13-15-23(16-14-21)19-9-5-17(6-10-19)3-4-18-7-11-20(12-8-18)24(26)27/h2-12,21H,1,13-16H2. The summed E-state index contributed by atoms with van der Waals surface area (Å²) < 4.78 is 5.31. The van der Waals surface area contributed by atoms with Gasteiger partial charge in [0.15, 0.2) is 0 Å². The van der Waals surface area contributed by atoms with Crippen molar-refractivity contribution in [3.05, 3.63) is 82.4 Å². The number of nitrogens with zero attached hydrogens (tertiary/aromatic N) is 2. The number of hydrogen-bond donors (Lipinski definition) is 0. The third-order valence-corrected chi connectivity index (χ3v) is 4.72. The van der Waals surface area contributed by atoms with Crippen LogP contribution in [0.5, 0.6) is 0 Å².